The number of hydrogen-bond acceptors (Lipinski definition) is 4. The van der Waals surface area contributed by atoms with E-state index in [9.17, 15) is 9.18 Å². The van der Waals surface area contributed by atoms with E-state index >= 15 is 0 Å². The molecule has 1 unspecified atom stereocenters. The molecule has 1 aliphatic rings. The maximum Gasteiger partial charge on any atom is 0.236 e. The Labute approximate surface area is 163 Å². The summed E-state index contributed by atoms with van der Waals surface area (Å²) in [4.78, 5) is 19.2. The Balaban J connectivity index is 2.00. The van der Waals surface area contributed by atoms with Crippen LogP contribution in [0, 0.1) is 11.7 Å². The van der Waals surface area contributed by atoms with Crippen LogP contribution in [0.3, 0.4) is 0 Å². The highest BCUT2D eigenvalue weighted by atomic mass is 19.1. The van der Waals surface area contributed by atoms with Crippen LogP contribution >= 0.6 is 0 Å². The minimum Gasteiger partial charge on any atom is -0.383 e. The van der Waals surface area contributed by atoms with Crippen LogP contribution in [-0.4, -0.2) is 80.1 Å². The van der Waals surface area contributed by atoms with E-state index in [1.165, 1.54) is 12.1 Å². The third-order valence-corrected chi connectivity index (χ3v) is 5.25. The van der Waals surface area contributed by atoms with Crippen LogP contribution in [0.1, 0.15) is 25.8 Å². The molecule has 0 radical (unpaired) electrons. The zero-order chi connectivity index (χ0) is 19.8. The number of carbonyl (C=O) groups is 1. The Bertz CT molecular complexity index is 579. The summed E-state index contributed by atoms with van der Waals surface area (Å²) in [6.45, 7) is 9.50. The molecule has 1 aromatic rings. The number of nitrogens with zero attached hydrogens (tertiary/aromatic N) is 3. The van der Waals surface area contributed by atoms with Gasteiger partial charge in [-0.1, -0.05) is 26.0 Å². The molecule has 6 heteroatoms. The second-order valence-electron chi connectivity index (χ2n) is 7.83. The number of rotatable bonds is 8. The molecule has 152 valence electrons. The molecule has 0 N–H and O–H groups in total. The summed E-state index contributed by atoms with van der Waals surface area (Å²) in [5.74, 6) is 0.414. The average molecular weight is 380 g/mol. The van der Waals surface area contributed by atoms with Crippen LogP contribution in [-0.2, 0) is 16.1 Å². The number of methoxy groups -OCH3 is 1. The first kappa shape index (κ1) is 21.8. The summed E-state index contributed by atoms with van der Waals surface area (Å²) < 4.78 is 18.3. The maximum atomic E-state index is 13.2. The largest absolute Gasteiger partial charge is 0.383 e. The van der Waals surface area contributed by atoms with Gasteiger partial charge in [0.1, 0.15) is 5.82 Å². The van der Waals surface area contributed by atoms with Crippen LogP contribution in [0.2, 0.25) is 0 Å². The molecule has 1 amide bonds. The molecular formula is C21H34FN3O2. The smallest absolute Gasteiger partial charge is 0.236 e. The molecule has 0 spiro atoms. The fourth-order valence-electron chi connectivity index (χ4n) is 3.60. The van der Waals surface area contributed by atoms with Crippen molar-refractivity contribution >= 4 is 5.91 Å². The van der Waals surface area contributed by atoms with Crippen LogP contribution in [0.4, 0.5) is 4.39 Å². The highest BCUT2D eigenvalue weighted by Gasteiger charge is 2.29. The van der Waals surface area contributed by atoms with E-state index in [2.05, 4.69) is 18.7 Å². The Kier molecular flexibility index (Phi) is 8.67. The molecule has 1 atom stereocenters. The van der Waals surface area contributed by atoms with Gasteiger partial charge in [0.25, 0.3) is 0 Å². The Hall–Kier alpha value is -1.50. The van der Waals surface area contributed by atoms with E-state index in [1.807, 2.05) is 29.0 Å². The van der Waals surface area contributed by atoms with Gasteiger partial charge in [-0.05, 0) is 37.1 Å². The van der Waals surface area contributed by atoms with Crippen molar-refractivity contribution in [2.75, 3.05) is 53.5 Å². The van der Waals surface area contributed by atoms with E-state index in [-0.39, 0.29) is 11.7 Å². The molecule has 2 rings (SSSR count). The predicted molar refractivity (Wildman–Crippen MR) is 106 cm³/mol. The molecule has 1 heterocycles. The number of hydrogen-bond donors (Lipinski definition) is 0. The average Bonchev–Trinajstić information content (AvgIpc) is 2.84. The molecule has 1 aromatic carbocycles. The molecule has 1 fully saturated rings. The SMILES string of the molecule is COCCN(C)CC(=O)N1CCCN(Cc2ccc(F)cc2)C(C(C)C)C1. The molecule has 1 aliphatic heterocycles. The number of benzene rings is 1. The van der Waals surface area contributed by atoms with E-state index in [4.69, 9.17) is 4.74 Å². The van der Waals surface area contributed by atoms with Crippen LogP contribution in [0.25, 0.3) is 0 Å². The lowest BCUT2D eigenvalue weighted by Gasteiger charge is -2.35. The van der Waals surface area contributed by atoms with Gasteiger partial charge in [-0.2, -0.15) is 0 Å². The van der Waals surface area contributed by atoms with Crippen LogP contribution in [0.5, 0.6) is 0 Å². The number of amides is 1. The quantitative estimate of drug-likeness (QED) is 0.695. The minimum absolute atomic E-state index is 0.183. The van der Waals surface area contributed by atoms with Crippen molar-refractivity contribution < 1.29 is 13.9 Å². The number of ether oxygens (including phenoxy) is 1. The second kappa shape index (κ2) is 10.7. The lowest BCUT2D eigenvalue weighted by Crippen LogP contribution is -2.47. The summed E-state index contributed by atoms with van der Waals surface area (Å²) >= 11 is 0. The normalized spacial score (nSPS) is 18.9. The summed E-state index contributed by atoms with van der Waals surface area (Å²) in [6, 6.07) is 7.04. The number of likely N-dealkylation sites (N-methyl/N-ethyl adjacent to an activating group) is 1. The van der Waals surface area contributed by atoms with E-state index in [0.717, 1.165) is 44.7 Å². The van der Waals surface area contributed by atoms with E-state index in [0.29, 0.717) is 25.1 Å². The Morgan fingerprint density at radius 3 is 2.63 bits per heavy atom. The van der Waals surface area contributed by atoms with Gasteiger partial charge in [0.2, 0.25) is 5.91 Å². The molecule has 5 nitrogen and oxygen atoms in total. The van der Waals surface area contributed by atoms with Crippen molar-refractivity contribution in [3.8, 4) is 0 Å². The first-order chi connectivity index (χ1) is 12.9. The van der Waals surface area contributed by atoms with Gasteiger partial charge >= 0.3 is 0 Å². The third kappa shape index (κ3) is 6.87. The first-order valence-corrected chi connectivity index (χ1v) is 9.84. The number of carbonyl (C=O) groups excluding carboxylic acids is 1. The summed E-state index contributed by atoms with van der Waals surface area (Å²) in [5.41, 5.74) is 1.11. The topological polar surface area (TPSA) is 36.0 Å². The van der Waals surface area contributed by atoms with Crippen molar-refractivity contribution in [3.05, 3.63) is 35.6 Å². The van der Waals surface area contributed by atoms with Gasteiger partial charge in [-0.3, -0.25) is 14.6 Å². The van der Waals surface area contributed by atoms with E-state index < -0.39 is 0 Å². The lowest BCUT2D eigenvalue weighted by molar-refractivity contribution is -0.132. The van der Waals surface area contributed by atoms with Crippen molar-refractivity contribution in [3.63, 3.8) is 0 Å². The van der Waals surface area contributed by atoms with Crippen molar-refractivity contribution in [2.45, 2.75) is 32.9 Å². The molecule has 27 heavy (non-hydrogen) atoms. The molecule has 1 saturated heterocycles. The highest BCUT2D eigenvalue weighted by Crippen LogP contribution is 2.20. The summed E-state index contributed by atoms with van der Waals surface area (Å²) in [5, 5.41) is 0. The monoisotopic (exact) mass is 379 g/mol. The fourth-order valence-corrected chi connectivity index (χ4v) is 3.60. The Morgan fingerprint density at radius 2 is 2.00 bits per heavy atom. The van der Waals surface area contributed by atoms with Crippen molar-refractivity contribution in [2.24, 2.45) is 5.92 Å². The fraction of sp³-hybridized carbons (Fsp3) is 0.667. The van der Waals surface area contributed by atoms with E-state index in [1.54, 1.807) is 7.11 Å². The second-order valence-corrected chi connectivity index (χ2v) is 7.83. The van der Waals surface area contributed by atoms with Gasteiger partial charge in [0.15, 0.2) is 0 Å². The van der Waals surface area contributed by atoms with Gasteiger partial charge < -0.3 is 9.64 Å². The molecule has 0 bridgehead atoms. The minimum atomic E-state index is -0.204. The van der Waals surface area contributed by atoms with Gasteiger partial charge in [-0.15, -0.1) is 0 Å². The highest BCUT2D eigenvalue weighted by molar-refractivity contribution is 5.78. The van der Waals surface area contributed by atoms with Crippen LogP contribution in [0.15, 0.2) is 24.3 Å². The zero-order valence-corrected chi connectivity index (χ0v) is 17.2. The molecular weight excluding hydrogens is 345 g/mol. The number of halogens is 1. The lowest BCUT2D eigenvalue weighted by atomic mass is 10.0. The molecule has 0 aromatic heterocycles. The Morgan fingerprint density at radius 1 is 1.30 bits per heavy atom. The van der Waals surface area contributed by atoms with Crippen molar-refractivity contribution in [1.82, 2.24) is 14.7 Å². The maximum absolute atomic E-state index is 13.2. The predicted octanol–water partition coefficient (Wildman–Crippen LogP) is 2.46. The zero-order valence-electron chi connectivity index (χ0n) is 17.2. The molecule has 0 saturated carbocycles. The van der Waals surface area contributed by atoms with Crippen LogP contribution < -0.4 is 0 Å². The van der Waals surface area contributed by atoms with Gasteiger partial charge in [0.05, 0.1) is 13.2 Å². The third-order valence-electron chi connectivity index (χ3n) is 5.25. The molecule has 0 aliphatic carbocycles. The van der Waals surface area contributed by atoms with Gasteiger partial charge in [-0.25, -0.2) is 4.39 Å². The van der Waals surface area contributed by atoms with Crippen molar-refractivity contribution in [1.29, 1.82) is 0 Å². The summed E-state index contributed by atoms with van der Waals surface area (Å²) in [6.07, 6.45) is 0.956. The first-order valence-electron chi connectivity index (χ1n) is 9.84. The summed E-state index contributed by atoms with van der Waals surface area (Å²) in [7, 11) is 3.63. The standard InChI is InChI=1S/C21H34FN3O2/c1-17(2)20-15-25(21(26)16-23(3)12-13-27-4)11-5-10-24(20)14-18-6-8-19(22)9-7-18/h6-9,17,20H,5,10-16H2,1-4H3. The van der Waals surface area contributed by atoms with Gasteiger partial charge in [0, 0.05) is 45.9 Å².